The Bertz CT molecular complexity index is 1110. The number of non-ortho nitro benzene ring substituents is 1. The minimum absolute atomic E-state index is 0.000707. The van der Waals surface area contributed by atoms with Gasteiger partial charge in [0, 0.05) is 17.0 Å². The lowest BCUT2D eigenvalue weighted by Crippen LogP contribution is -2.09. The average molecular weight is 328 g/mol. The highest BCUT2D eigenvalue weighted by molar-refractivity contribution is 6.02. The summed E-state index contributed by atoms with van der Waals surface area (Å²) in [6, 6.07) is 5.60. The van der Waals surface area contributed by atoms with Crippen LogP contribution in [0.2, 0.25) is 0 Å². The number of hydrogen-bond acceptors (Lipinski definition) is 5. The van der Waals surface area contributed by atoms with E-state index >= 15 is 0 Å². The van der Waals surface area contributed by atoms with E-state index < -0.39 is 33.5 Å². The van der Waals surface area contributed by atoms with Gasteiger partial charge >= 0.3 is 11.9 Å². The fraction of sp³-hybridized carbons (Fsp3) is 0. The molecular weight excluding hydrogens is 320 g/mol. The molecule has 0 aliphatic rings. The highest BCUT2D eigenvalue weighted by atomic mass is 16.6. The first-order chi connectivity index (χ1) is 11.3. The van der Waals surface area contributed by atoms with E-state index in [2.05, 4.69) is 4.98 Å². The fourth-order valence-corrected chi connectivity index (χ4v) is 2.46. The van der Waals surface area contributed by atoms with Gasteiger partial charge in [-0.2, -0.15) is 0 Å². The Morgan fingerprint density at radius 3 is 2.21 bits per heavy atom. The number of rotatable bonds is 3. The summed E-state index contributed by atoms with van der Waals surface area (Å²) in [6.07, 6.45) is 0. The van der Waals surface area contributed by atoms with Gasteiger partial charge < -0.3 is 15.2 Å². The maximum atomic E-state index is 12.6. The number of fused-ring (bicyclic) bond motifs is 2. The van der Waals surface area contributed by atoms with E-state index in [4.69, 9.17) is 10.2 Å². The van der Waals surface area contributed by atoms with E-state index in [0.717, 1.165) is 18.2 Å². The van der Waals surface area contributed by atoms with Crippen LogP contribution in [-0.2, 0) is 0 Å². The smallest absolute Gasteiger partial charge is 0.335 e. The molecule has 2 aromatic carbocycles. The number of aromatic nitrogens is 1. The number of benzene rings is 2. The molecule has 0 aliphatic carbocycles. The summed E-state index contributed by atoms with van der Waals surface area (Å²) in [5.74, 6) is -2.65. The number of nitro benzene ring substituents is 1. The summed E-state index contributed by atoms with van der Waals surface area (Å²) in [7, 11) is 0. The Hall–Kier alpha value is -3.75. The number of aromatic amines is 1. The molecule has 0 amide bonds. The molecule has 0 fully saturated rings. The zero-order valence-electron chi connectivity index (χ0n) is 11.8. The molecule has 3 aromatic rings. The summed E-state index contributed by atoms with van der Waals surface area (Å²) in [6.45, 7) is 0. The zero-order chi connectivity index (χ0) is 17.6. The molecule has 120 valence electrons. The predicted molar refractivity (Wildman–Crippen MR) is 82.6 cm³/mol. The number of carbonyl (C=O) groups is 2. The normalized spacial score (nSPS) is 10.8. The second-order valence-corrected chi connectivity index (χ2v) is 5.00. The quantitative estimate of drug-likeness (QED) is 0.378. The third kappa shape index (κ3) is 2.24. The number of carboxylic acids is 2. The van der Waals surface area contributed by atoms with E-state index in [1.807, 2.05) is 0 Å². The molecule has 0 unspecified atom stereocenters. The average Bonchev–Trinajstić information content (AvgIpc) is 2.53. The van der Waals surface area contributed by atoms with Crippen molar-refractivity contribution in [2.24, 2.45) is 0 Å². The Morgan fingerprint density at radius 2 is 1.62 bits per heavy atom. The molecule has 1 heterocycles. The number of aromatic carboxylic acids is 2. The molecule has 3 N–H and O–H groups in total. The van der Waals surface area contributed by atoms with Crippen LogP contribution in [0.15, 0.2) is 35.1 Å². The third-order valence-corrected chi connectivity index (χ3v) is 3.58. The summed E-state index contributed by atoms with van der Waals surface area (Å²) in [5.41, 5.74) is -1.68. The second-order valence-electron chi connectivity index (χ2n) is 5.00. The minimum Gasteiger partial charge on any atom is -0.478 e. The number of pyridine rings is 1. The van der Waals surface area contributed by atoms with Crippen molar-refractivity contribution in [3.63, 3.8) is 0 Å². The first-order valence-corrected chi connectivity index (χ1v) is 6.54. The van der Waals surface area contributed by atoms with Gasteiger partial charge in [-0.1, -0.05) is 0 Å². The first kappa shape index (κ1) is 15.2. The highest BCUT2D eigenvalue weighted by Crippen LogP contribution is 2.26. The molecule has 0 saturated heterocycles. The monoisotopic (exact) mass is 328 g/mol. The molecule has 0 bridgehead atoms. The van der Waals surface area contributed by atoms with Gasteiger partial charge in [-0.05, 0) is 24.3 Å². The Labute approximate surface area is 131 Å². The van der Waals surface area contributed by atoms with Gasteiger partial charge in [0.2, 0.25) is 0 Å². The van der Waals surface area contributed by atoms with Crippen LogP contribution in [0, 0.1) is 10.1 Å². The van der Waals surface area contributed by atoms with Crippen molar-refractivity contribution < 1.29 is 24.7 Å². The number of carboxylic acid groups (broad SMARTS) is 2. The molecule has 9 nitrogen and oxygen atoms in total. The van der Waals surface area contributed by atoms with E-state index in [-0.39, 0.29) is 27.4 Å². The zero-order valence-corrected chi connectivity index (χ0v) is 11.8. The van der Waals surface area contributed by atoms with E-state index in [1.165, 1.54) is 12.1 Å². The molecule has 9 heteroatoms. The van der Waals surface area contributed by atoms with Gasteiger partial charge in [0.1, 0.15) is 5.52 Å². The first-order valence-electron chi connectivity index (χ1n) is 6.54. The van der Waals surface area contributed by atoms with Crippen molar-refractivity contribution in [2.45, 2.75) is 0 Å². The number of nitrogens with one attached hydrogen (secondary N) is 1. The number of H-pyrrole nitrogens is 1. The molecule has 0 aliphatic heterocycles. The maximum absolute atomic E-state index is 12.6. The molecule has 0 atom stereocenters. The van der Waals surface area contributed by atoms with Gasteiger partial charge in [0.25, 0.3) is 5.69 Å². The van der Waals surface area contributed by atoms with Crippen LogP contribution in [0.3, 0.4) is 0 Å². The van der Waals surface area contributed by atoms with Gasteiger partial charge in [0.15, 0.2) is 5.43 Å². The number of nitro groups is 1. The lowest BCUT2D eigenvalue weighted by atomic mass is 10.0. The molecule has 1 aromatic heterocycles. The predicted octanol–water partition coefficient (Wildman–Crippen LogP) is 1.99. The number of nitrogens with zero attached hydrogens (tertiary/aromatic N) is 1. The van der Waals surface area contributed by atoms with Crippen molar-refractivity contribution in [1.82, 2.24) is 4.98 Å². The third-order valence-electron chi connectivity index (χ3n) is 3.58. The SMILES string of the molecule is O=C(O)c1ccc2[nH]c3c([N+](=O)[O-])cc(C(=O)O)cc3c(=O)c2c1. The van der Waals surface area contributed by atoms with Crippen LogP contribution in [-0.4, -0.2) is 32.1 Å². The highest BCUT2D eigenvalue weighted by Gasteiger charge is 2.20. The van der Waals surface area contributed by atoms with Crippen molar-refractivity contribution in [3.05, 3.63) is 61.8 Å². The van der Waals surface area contributed by atoms with E-state index in [9.17, 15) is 24.5 Å². The molecular formula is C15H8N2O7. The van der Waals surface area contributed by atoms with Crippen molar-refractivity contribution >= 4 is 39.4 Å². The van der Waals surface area contributed by atoms with Crippen molar-refractivity contribution in [3.8, 4) is 0 Å². The Kier molecular flexibility index (Phi) is 3.26. The van der Waals surface area contributed by atoms with Crippen LogP contribution in [0.1, 0.15) is 20.7 Å². The second kappa shape index (κ2) is 5.16. The van der Waals surface area contributed by atoms with E-state index in [1.54, 1.807) is 0 Å². The molecule has 0 spiro atoms. The van der Waals surface area contributed by atoms with Crippen LogP contribution in [0.25, 0.3) is 21.8 Å². The Balaban J connectivity index is 2.52. The van der Waals surface area contributed by atoms with Gasteiger partial charge in [0.05, 0.1) is 21.4 Å². The van der Waals surface area contributed by atoms with Crippen LogP contribution >= 0.6 is 0 Å². The van der Waals surface area contributed by atoms with Crippen LogP contribution in [0.4, 0.5) is 5.69 Å². The molecule has 0 saturated carbocycles. The standard InChI is InChI=1S/C15H8N2O7/c18-13-8-3-6(14(19)20)1-2-10(8)16-12-9(13)4-7(15(21)22)5-11(12)17(23)24/h1-5H,(H,16,18)(H,19,20)(H,21,22). The summed E-state index contributed by atoms with van der Waals surface area (Å²) in [5, 5.41) is 29.1. The van der Waals surface area contributed by atoms with Gasteiger partial charge in [-0.25, -0.2) is 9.59 Å². The lowest BCUT2D eigenvalue weighted by molar-refractivity contribution is -0.383. The lowest BCUT2D eigenvalue weighted by Gasteiger charge is -2.06. The van der Waals surface area contributed by atoms with Gasteiger partial charge in [-0.3, -0.25) is 14.9 Å². The maximum Gasteiger partial charge on any atom is 0.335 e. The largest absolute Gasteiger partial charge is 0.478 e. The van der Waals surface area contributed by atoms with Crippen molar-refractivity contribution in [2.75, 3.05) is 0 Å². The topological polar surface area (TPSA) is 151 Å². The van der Waals surface area contributed by atoms with Crippen LogP contribution < -0.4 is 5.43 Å². The molecule has 3 rings (SSSR count). The summed E-state index contributed by atoms with van der Waals surface area (Å²) < 4.78 is 0. The van der Waals surface area contributed by atoms with Crippen molar-refractivity contribution in [1.29, 1.82) is 0 Å². The molecule has 24 heavy (non-hydrogen) atoms. The van der Waals surface area contributed by atoms with E-state index in [0.29, 0.717) is 0 Å². The number of hydrogen-bond donors (Lipinski definition) is 3. The minimum atomic E-state index is -1.42. The van der Waals surface area contributed by atoms with Gasteiger partial charge in [-0.15, -0.1) is 0 Å². The van der Waals surface area contributed by atoms with Crippen LogP contribution in [0.5, 0.6) is 0 Å². The summed E-state index contributed by atoms with van der Waals surface area (Å²) >= 11 is 0. The Morgan fingerprint density at radius 1 is 1.00 bits per heavy atom. The fourth-order valence-electron chi connectivity index (χ4n) is 2.46. The molecule has 0 radical (unpaired) electrons. The summed E-state index contributed by atoms with van der Waals surface area (Å²) in [4.78, 5) is 47.8.